The Labute approximate surface area is 201 Å². The molecule has 0 fully saturated rings. The zero-order chi connectivity index (χ0) is 21.4. The van der Waals surface area contributed by atoms with Crippen LogP contribution in [-0.2, 0) is 0 Å². The van der Waals surface area contributed by atoms with E-state index in [-0.39, 0.29) is 0 Å². The number of aromatic nitrogens is 2. The Morgan fingerprint density at radius 3 is 2.10 bits per heavy atom. The summed E-state index contributed by atoms with van der Waals surface area (Å²) in [5.41, 5.74) is 2.59. The molecule has 3 nitrogen and oxygen atoms in total. The van der Waals surface area contributed by atoms with Gasteiger partial charge in [0.2, 0.25) is 0 Å². The minimum absolute atomic E-state index is 0.508. The topological polar surface area (TPSA) is 37.8 Å². The van der Waals surface area contributed by atoms with Crippen LogP contribution in [0.4, 0.5) is 11.5 Å². The molecule has 5 rings (SSSR count). The molecule has 1 N–H and O–H groups in total. The largest absolute Gasteiger partial charge is 0.338 e. The maximum Gasteiger partial charge on any atom is 0.164 e. The van der Waals surface area contributed by atoms with Crippen LogP contribution in [0, 0.1) is 0 Å². The highest BCUT2D eigenvalue weighted by Crippen LogP contribution is 2.37. The van der Waals surface area contributed by atoms with Crippen molar-refractivity contribution in [3.63, 3.8) is 0 Å². The maximum atomic E-state index is 6.22. The summed E-state index contributed by atoms with van der Waals surface area (Å²) < 4.78 is 1.01. The quantitative estimate of drug-likeness (QED) is 0.237. The molecule has 0 saturated heterocycles. The van der Waals surface area contributed by atoms with Gasteiger partial charge >= 0.3 is 0 Å². The van der Waals surface area contributed by atoms with E-state index in [1.54, 1.807) is 6.07 Å². The van der Waals surface area contributed by atoms with Crippen molar-refractivity contribution in [2.75, 3.05) is 5.32 Å². The lowest BCUT2D eigenvalue weighted by Gasteiger charge is -2.13. The molecule has 0 aliphatic carbocycles. The molecule has 7 heteroatoms. The molecular formula is C24H14BrCl2N3S. The second-order valence-electron chi connectivity index (χ2n) is 6.88. The van der Waals surface area contributed by atoms with Crippen LogP contribution < -0.4 is 5.32 Å². The third kappa shape index (κ3) is 4.51. The van der Waals surface area contributed by atoms with E-state index in [2.05, 4.69) is 45.5 Å². The van der Waals surface area contributed by atoms with Crippen LogP contribution in [0.25, 0.3) is 21.8 Å². The van der Waals surface area contributed by atoms with E-state index in [0.29, 0.717) is 15.9 Å². The second kappa shape index (κ2) is 8.67. The van der Waals surface area contributed by atoms with Crippen molar-refractivity contribution in [3.05, 3.63) is 93.4 Å². The summed E-state index contributed by atoms with van der Waals surface area (Å²) >= 11 is 17.3. The van der Waals surface area contributed by atoms with E-state index >= 15 is 0 Å². The smallest absolute Gasteiger partial charge is 0.164 e. The number of benzene rings is 4. The molecule has 31 heavy (non-hydrogen) atoms. The summed E-state index contributed by atoms with van der Waals surface area (Å²) in [4.78, 5) is 10.8. The van der Waals surface area contributed by atoms with Gasteiger partial charge in [-0.25, -0.2) is 9.97 Å². The lowest BCUT2D eigenvalue weighted by Crippen LogP contribution is -1.99. The maximum absolute atomic E-state index is 6.22. The molecule has 0 amide bonds. The van der Waals surface area contributed by atoms with Gasteiger partial charge in [0.05, 0.1) is 21.1 Å². The Morgan fingerprint density at radius 1 is 0.742 bits per heavy atom. The van der Waals surface area contributed by atoms with E-state index in [0.717, 1.165) is 41.9 Å². The van der Waals surface area contributed by atoms with E-state index < -0.39 is 0 Å². The molecule has 0 aliphatic heterocycles. The van der Waals surface area contributed by atoms with Gasteiger partial charge in [0.1, 0.15) is 5.03 Å². The summed E-state index contributed by atoms with van der Waals surface area (Å²) in [6, 6.07) is 25.8. The molecule has 4 aromatic carbocycles. The Balaban J connectivity index is 1.64. The van der Waals surface area contributed by atoms with Gasteiger partial charge in [-0.05, 0) is 65.4 Å². The minimum Gasteiger partial charge on any atom is -0.338 e. The SMILES string of the molecule is Clc1ccc(Sc2nc3cc4ccccc4cc3nc2Nc2ccc(Br)cc2)cc1Cl. The monoisotopic (exact) mass is 525 g/mol. The first-order chi connectivity index (χ1) is 15.0. The molecule has 0 aliphatic rings. The number of hydrogen-bond acceptors (Lipinski definition) is 4. The van der Waals surface area contributed by atoms with Gasteiger partial charge in [0.15, 0.2) is 5.82 Å². The molecule has 1 heterocycles. The van der Waals surface area contributed by atoms with Crippen molar-refractivity contribution in [1.29, 1.82) is 0 Å². The van der Waals surface area contributed by atoms with Crippen LogP contribution in [0.3, 0.4) is 0 Å². The van der Waals surface area contributed by atoms with E-state index in [4.69, 9.17) is 33.2 Å². The zero-order valence-corrected chi connectivity index (χ0v) is 19.9. The van der Waals surface area contributed by atoms with E-state index in [1.165, 1.54) is 11.8 Å². The van der Waals surface area contributed by atoms with Gasteiger partial charge in [-0.3, -0.25) is 0 Å². The summed E-state index contributed by atoms with van der Waals surface area (Å²) in [7, 11) is 0. The molecule has 5 aromatic rings. The number of hydrogen-bond donors (Lipinski definition) is 1. The van der Waals surface area contributed by atoms with Gasteiger partial charge in [0, 0.05) is 15.1 Å². The van der Waals surface area contributed by atoms with Crippen molar-refractivity contribution < 1.29 is 0 Å². The highest BCUT2D eigenvalue weighted by Gasteiger charge is 2.13. The molecular weight excluding hydrogens is 513 g/mol. The molecule has 0 spiro atoms. The van der Waals surface area contributed by atoms with Gasteiger partial charge in [-0.2, -0.15) is 0 Å². The lowest BCUT2D eigenvalue weighted by molar-refractivity contribution is 1.12. The average molecular weight is 527 g/mol. The number of fused-ring (bicyclic) bond motifs is 2. The summed E-state index contributed by atoms with van der Waals surface area (Å²) in [5, 5.41) is 7.45. The van der Waals surface area contributed by atoms with Gasteiger partial charge in [-0.1, -0.05) is 75.2 Å². The molecule has 0 atom stereocenters. The van der Waals surface area contributed by atoms with Crippen LogP contribution in [0.15, 0.2) is 93.3 Å². The van der Waals surface area contributed by atoms with Crippen LogP contribution >= 0.6 is 50.9 Å². The molecule has 0 saturated carbocycles. The number of rotatable bonds is 4. The first-order valence-electron chi connectivity index (χ1n) is 9.41. The second-order valence-corrected chi connectivity index (χ2v) is 9.67. The third-order valence-electron chi connectivity index (χ3n) is 4.71. The summed E-state index contributed by atoms with van der Waals surface area (Å²) in [6.07, 6.45) is 0. The normalized spacial score (nSPS) is 11.2. The van der Waals surface area contributed by atoms with E-state index in [1.807, 2.05) is 48.5 Å². The number of nitrogens with one attached hydrogen (secondary N) is 1. The molecule has 1 aromatic heterocycles. The van der Waals surface area contributed by atoms with Crippen molar-refractivity contribution in [2.45, 2.75) is 9.92 Å². The van der Waals surface area contributed by atoms with Crippen LogP contribution in [-0.4, -0.2) is 9.97 Å². The summed E-state index contributed by atoms with van der Waals surface area (Å²) in [5.74, 6) is 0.682. The Hall–Kier alpha value is -2.31. The van der Waals surface area contributed by atoms with Crippen LogP contribution in [0.5, 0.6) is 0 Å². The fourth-order valence-corrected chi connectivity index (χ4v) is 4.70. The first kappa shape index (κ1) is 20.6. The highest BCUT2D eigenvalue weighted by molar-refractivity contribution is 9.10. The molecule has 0 radical (unpaired) electrons. The Bertz CT molecular complexity index is 1420. The fourth-order valence-electron chi connectivity index (χ4n) is 3.20. The van der Waals surface area contributed by atoms with Crippen molar-refractivity contribution in [1.82, 2.24) is 9.97 Å². The standard InChI is InChI=1S/C24H14BrCl2N3S/c25-16-5-7-17(8-6-16)28-23-24(31-18-9-10-19(26)20(27)13-18)30-22-12-15-4-2-1-3-14(15)11-21(22)29-23/h1-13H,(H,28,29). The summed E-state index contributed by atoms with van der Waals surface area (Å²) in [6.45, 7) is 0. The number of halogens is 3. The fraction of sp³-hybridized carbons (Fsp3) is 0. The van der Waals surface area contributed by atoms with Crippen LogP contribution in [0.1, 0.15) is 0 Å². The number of nitrogens with zero attached hydrogens (tertiary/aromatic N) is 2. The highest BCUT2D eigenvalue weighted by atomic mass is 79.9. The average Bonchev–Trinajstić information content (AvgIpc) is 2.77. The van der Waals surface area contributed by atoms with Gasteiger partial charge < -0.3 is 5.32 Å². The van der Waals surface area contributed by atoms with Crippen molar-refractivity contribution >= 4 is 84.2 Å². The van der Waals surface area contributed by atoms with Crippen LogP contribution in [0.2, 0.25) is 10.0 Å². The number of anilines is 2. The lowest BCUT2D eigenvalue weighted by atomic mass is 10.1. The van der Waals surface area contributed by atoms with Crippen molar-refractivity contribution in [3.8, 4) is 0 Å². The Kier molecular flexibility index (Phi) is 5.76. The first-order valence-corrected chi connectivity index (χ1v) is 11.8. The minimum atomic E-state index is 0.508. The predicted molar refractivity (Wildman–Crippen MR) is 135 cm³/mol. The Morgan fingerprint density at radius 2 is 1.42 bits per heavy atom. The zero-order valence-electron chi connectivity index (χ0n) is 15.9. The third-order valence-corrected chi connectivity index (χ3v) is 6.95. The van der Waals surface area contributed by atoms with E-state index in [9.17, 15) is 0 Å². The van der Waals surface area contributed by atoms with Gasteiger partial charge in [-0.15, -0.1) is 0 Å². The van der Waals surface area contributed by atoms with Crippen molar-refractivity contribution in [2.24, 2.45) is 0 Å². The molecule has 152 valence electrons. The molecule has 0 unspecified atom stereocenters. The molecule has 0 bridgehead atoms. The van der Waals surface area contributed by atoms with Gasteiger partial charge in [0.25, 0.3) is 0 Å². The predicted octanol–water partition coefficient (Wildman–Crippen LogP) is 8.75.